The third-order valence-corrected chi connectivity index (χ3v) is 4.21. The molecule has 1 aromatic heterocycles. The normalized spacial score (nSPS) is 12.3. The molecule has 1 N–H and O–H groups in total. The number of carbonyl (C=O) groups is 1. The van der Waals surface area contributed by atoms with Crippen molar-refractivity contribution in [2.45, 2.75) is 6.04 Å². The van der Waals surface area contributed by atoms with E-state index in [1.165, 1.54) is 0 Å². The molecule has 1 atom stereocenters. The smallest absolute Gasteiger partial charge is 0.287 e. The molecule has 2 aromatic carbocycles. The van der Waals surface area contributed by atoms with Crippen molar-refractivity contribution in [2.24, 2.45) is 0 Å². The fourth-order valence-electron chi connectivity index (χ4n) is 2.82. The summed E-state index contributed by atoms with van der Waals surface area (Å²) in [5.74, 6) is 0.906. The van der Waals surface area contributed by atoms with Crippen LogP contribution in [0, 0.1) is 0 Å². The number of nitrogens with one attached hydrogen (secondary N) is 1. The van der Waals surface area contributed by atoms with Gasteiger partial charge in [0, 0.05) is 11.9 Å². The van der Waals surface area contributed by atoms with Crippen molar-refractivity contribution >= 4 is 16.9 Å². The van der Waals surface area contributed by atoms with Gasteiger partial charge < -0.3 is 19.4 Å². The second kappa shape index (κ2) is 7.40. The van der Waals surface area contributed by atoms with Gasteiger partial charge in [-0.2, -0.15) is 0 Å². The minimum Gasteiger partial charge on any atom is -0.497 e. The van der Waals surface area contributed by atoms with E-state index < -0.39 is 0 Å². The number of hydrogen-bond acceptors (Lipinski definition) is 4. The molecule has 0 spiro atoms. The van der Waals surface area contributed by atoms with Gasteiger partial charge in [0.05, 0.1) is 13.2 Å². The van der Waals surface area contributed by atoms with Crippen LogP contribution >= 0.6 is 0 Å². The maximum Gasteiger partial charge on any atom is 0.287 e. The fourth-order valence-corrected chi connectivity index (χ4v) is 2.82. The van der Waals surface area contributed by atoms with Gasteiger partial charge in [-0.25, -0.2) is 0 Å². The third kappa shape index (κ3) is 3.83. The Balaban J connectivity index is 1.73. The van der Waals surface area contributed by atoms with Crippen LogP contribution in [-0.4, -0.2) is 38.6 Å². The van der Waals surface area contributed by atoms with Gasteiger partial charge in [-0.1, -0.05) is 30.3 Å². The molecule has 0 radical (unpaired) electrons. The molecule has 5 nitrogen and oxygen atoms in total. The lowest BCUT2D eigenvalue weighted by molar-refractivity contribution is 0.0916. The molecule has 1 amide bonds. The molecule has 0 aliphatic rings. The number of ether oxygens (including phenoxy) is 1. The van der Waals surface area contributed by atoms with Gasteiger partial charge in [0.15, 0.2) is 5.76 Å². The van der Waals surface area contributed by atoms with Crippen molar-refractivity contribution in [1.82, 2.24) is 10.2 Å². The van der Waals surface area contributed by atoms with Gasteiger partial charge in [0.25, 0.3) is 5.91 Å². The number of furan rings is 1. The van der Waals surface area contributed by atoms with Crippen LogP contribution in [-0.2, 0) is 0 Å². The Morgan fingerprint density at radius 3 is 2.68 bits per heavy atom. The number of hydrogen-bond donors (Lipinski definition) is 1. The van der Waals surface area contributed by atoms with E-state index in [0.717, 1.165) is 16.7 Å². The van der Waals surface area contributed by atoms with Crippen LogP contribution in [0.4, 0.5) is 0 Å². The first-order valence-electron chi connectivity index (χ1n) is 8.15. The summed E-state index contributed by atoms with van der Waals surface area (Å²) in [6.07, 6.45) is 0. The molecule has 5 heteroatoms. The number of likely N-dealkylation sites (N-methyl/N-ethyl adjacent to an activating group) is 1. The van der Waals surface area contributed by atoms with E-state index in [-0.39, 0.29) is 11.9 Å². The summed E-state index contributed by atoms with van der Waals surface area (Å²) in [5, 5.41) is 3.88. The molecule has 130 valence electrons. The van der Waals surface area contributed by atoms with Crippen LogP contribution in [0.25, 0.3) is 11.0 Å². The Hall–Kier alpha value is -2.79. The Labute approximate surface area is 147 Å². The van der Waals surface area contributed by atoms with E-state index in [4.69, 9.17) is 9.15 Å². The number of nitrogens with zero attached hydrogens (tertiary/aromatic N) is 1. The average molecular weight is 338 g/mol. The van der Waals surface area contributed by atoms with E-state index in [1.807, 2.05) is 62.6 Å². The van der Waals surface area contributed by atoms with Crippen molar-refractivity contribution in [3.05, 3.63) is 65.9 Å². The van der Waals surface area contributed by atoms with E-state index in [2.05, 4.69) is 10.2 Å². The first-order valence-corrected chi connectivity index (χ1v) is 8.15. The van der Waals surface area contributed by atoms with Crippen molar-refractivity contribution in [3.63, 3.8) is 0 Å². The van der Waals surface area contributed by atoms with Crippen LogP contribution in [0.3, 0.4) is 0 Å². The van der Waals surface area contributed by atoms with E-state index in [1.54, 1.807) is 13.2 Å². The lowest BCUT2D eigenvalue weighted by Gasteiger charge is -2.25. The predicted octanol–water partition coefficient (Wildman–Crippen LogP) is 3.47. The van der Waals surface area contributed by atoms with E-state index >= 15 is 0 Å². The zero-order valence-corrected chi connectivity index (χ0v) is 14.7. The Bertz CT molecular complexity index is 837. The van der Waals surface area contributed by atoms with Crippen molar-refractivity contribution in [1.29, 1.82) is 0 Å². The summed E-state index contributed by atoms with van der Waals surface area (Å²) in [6, 6.07) is 17.2. The number of fused-ring (bicyclic) bond motifs is 1. The minimum atomic E-state index is -0.217. The lowest BCUT2D eigenvalue weighted by Crippen LogP contribution is -2.34. The van der Waals surface area contributed by atoms with Crippen LogP contribution < -0.4 is 10.1 Å². The van der Waals surface area contributed by atoms with E-state index in [9.17, 15) is 4.79 Å². The number of rotatable bonds is 6. The van der Waals surface area contributed by atoms with Gasteiger partial charge >= 0.3 is 0 Å². The molecular formula is C20H22N2O3. The molecule has 0 saturated carbocycles. The van der Waals surface area contributed by atoms with Gasteiger partial charge in [-0.15, -0.1) is 0 Å². The molecule has 3 aromatic rings. The van der Waals surface area contributed by atoms with E-state index in [0.29, 0.717) is 17.9 Å². The second-order valence-electron chi connectivity index (χ2n) is 6.11. The zero-order valence-electron chi connectivity index (χ0n) is 14.7. The number of benzene rings is 2. The average Bonchev–Trinajstić information content (AvgIpc) is 3.06. The molecule has 0 aliphatic heterocycles. The number of carbonyl (C=O) groups excluding carboxylic acids is 1. The second-order valence-corrected chi connectivity index (χ2v) is 6.11. The van der Waals surface area contributed by atoms with Crippen LogP contribution in [0.2, 0.25) is 0 Å². The number of amides is 1. The highest BCUT2D eigenvalue weighted by atomic mass is 16.5. The largest absolute Gasteiger partial charge is 0.497 e. The monoisotopic (exact) mass is 338 g/mol. The van der Waals surface area contributed by atoms with Gasteiger partial charge in [-0.3, -0.25) is 4.79 Å². The Morgan fingerprint density at radius 1 is 1.16 bits per heavy atom. The number of methoxy groups -OCH3 is 1. The topological polar surface area (TPSA) is 54.7 Å². The Kier molecular flexibility index (Phi) is 5.05. The van der Waals surface area contributed by atoms with Crippen molar-refractivity contribution in [2.75, 3.05) is 27.7 Å². The Morgan fingerprint density at radius 2 is 1.96 bits per heavy atom. The summed E-state index contributed by atoms with van der Waals surface area (Å²) in [4.78, 5) is 14.5. The first kappa shape index (κ1) is 17.0. The summed E-state index contributed by atoms with van der Waals surface area (Å²) >= 11 is 0. The molecule has 1 unspecified atom stereocenters. The standard InChI is InChI=1S/C20H22N2O3/c1-22(2)17(14-8-6-9-16(11-14)24-3)13-21-20(23)19-12-15-7-4-5-10-18(15)25-19/h4-12,17H,13H2,1-3H3,(H,21,23). The quantitative estimate of drug-likeness (QED) is 0.748. The molecule has 0 saturated heterocycles. The fraction of sp³-hybridized carbons (Fsp3) is 0.250. The highest BCUT2D eigenvalue weighted by Gasteiger charge is 2.18. The molecule has 25 heavy (non-hydrogen) atoms. The predicted molar refractivity (Wildman–Crippen MR) is 98.0 cm³/mol. The van der Waals surface area contributed by atoms with Gasteiger partial charge in [-0.05, 0) is 43.9 Å². The van der Waals surface area contributed by atoms with Crippen LogP contribution in [0.15, 0.2) is 59.0 Å². The molecular weight excluding hydrogens is 316 g/mol. The SMILES string of the molecule is COc1cccc(C(CNC(=O)c2cc3ccccc3o2)N(C)C)c1. The third-order valence-electron chi connectivity index (χ3n) is 4.21. The lowest BCUT2D eigenvalue weighted by atomic mass is 10.1. The van der Waals surface area contributed by atoms with Gasteiger partial charge in [0.2, 0.25) is 0 Å². The molecule has 1 heterocycles. The van der Waals surface area contributed by atoms with Crippen LogP contribution in [0.5, 0.6) is 5.75 Å². The zero-order chi connectivity index (χ0) is 17.8. The minimum absolute atomic E-state index is 0.0310. The first-order chi connectivity index (χ1) is 12.1. The van der Waals surface area contributed by atoms with Crippen molar-refractivity contribution in [3.8, 4) is 5.75 Å². The molecule has 3 rings (SSSR count). The maximum atomic E-state index is 12.4. The summed E-state index contributed by atoms with van der Waals surface area (Å²) in [5.41, 5.74) is 1.79. The summed E-state index contributed by atoms with van der Waals surface area (Å²) in [7, 11) is 5.61. The number of para-hydroxylation sites is 1. The highest BCUT2D eigenvalue weighted by molar-refractivity contribution is 5.96. The van der Waals surface area contributed by atoms with Gasteiger partial charge in [0.1, 0.15) is 11.3 Å². The van der Waals surface area contributed by atoms with Crippen LogP contribution in [0.1, 0.15) is 22.2 Å². The maximum absolute atomic E-state index is 12.4. The summed E-state index contributed by atoms with van der Waals surface area (Å²) < 4.78 is 10.9. The highest BCUT2D eigenvalue weighted by Crippen LogP contribution is 2.23. The molecule has 0 aliphatic carbocycles. The van der Waals surface area contributed by atoms with Crippen molar-refractivity contribution < 1.29 is 13.9 Å². The summed E-state index contributed by atoms with van der Waals surface area (Å²) in [6.45, 7) is 0.468. The molecule has 0 bridgehead atoms. The molecule has 0 fully saturated rings.